The van der Waals surface area contributed by atoms with E-state index < -0.39 is 0 Å². The van der Waals surface area contributed by atoms with Crippen molar-refractivity contribution in [2.24, 2.45) is 0 Å². The summed E-state index contributed by atoms with van der Waals surface area (Å²) >= 11 is 0. The Kier molecular flexibility index (Phi) is 5.91. The van der Waals surface area contributed by atoms with E-state index in [0.717, 1.165) is 50.1 Å². The lowest BCUT2D eigenvalue weighted by Crippen LogP contribution is -2.10. The van der Waals surface area contributed by atoms with Crippen LogP contribution < -0.4 is 4.90 Å². The zero-order valence-corrected chi connectivity index (χ0v) is 26.1. The average Bonchev–Trinajstić information content (AvgIpc) is 3.54. The minimum absolute atomic E-state index is 0.912. The zero-order chi connectivity index (χ0) is 31.6. The molecule has 0 fully saturated rings. The van der Waals surface area contributed by atoms with Crippen LogP contribution in [-0.4, -0.2) is 0 Å². The first-order valence-corrected chi connectivity index (χ1v) is 16.4. The standard InChI is InChI=1S/C46H29NO/c1-3-10-38-30(8-1)16-18-33-22-26-36(28-43(33)38)47(37-27-23-34-19-17-31-9-2-4-11-39(31)44(34)29-37)35-24-20-32(21-25-35)40-13-7-14-42-41-12-5-6-15-45(41)48-46(40)42/h1-29H. The number of rotatable bonds is 4. The molecule has 1 heterocycles. The summed E-state index contributed by atoms with van der Waals surface area (Å²) in [6, 6.07) is 63.4. The molecule has 9 aromatic carbocycles. The summed E-state index contributed by atoms with van der Waals surface area (Å²) in [6.45, 7) is 0. The molecule has 224 valence electrons. The van der Waals surface area contributed by atoms with Crippen LogP contribution in [0.2, 0.25) is 0 Å². The molecule has 0 saturated heterocycles. The molecule has 0 N–H and O–H groups in total. The van der Waals surface area contributed by atoms with E-state index in [1.54, 1.807) is 0 Å². The van der Waals surface area contributed by atoms with Crippen LogP contribution in [0.4, 0.5) is 17.1 Å². The SMILES string of the molecule is c1ccc2c(c1)ccc1ccc(N(c3ccc(-c4cccc5c4oc4ccccc45)cc3)c3ccc4ccc5ccccc5c4c3)cc12. The van der Waals surface area contributed by atoms with E-state index in [1.165, 1.54) is 43.1 Å². The fraction of sp³-hybridized carbons (Fsp3) is 0. The second-order valence-corrected chi connectivity index (χ2v) is 12.5. The van der Waals surface area contributed by atoms with Crippen molar-refractivity contribution in [2.45, 2.75) is 0 Å². The highest BCUT2D eigenvalue weighted by Crippen LogP contribution is 2.41. The molecule has 0 aliphatic carbocycles. The van der Waals surface area contributed by atoms with Gasteiger partial charge in [-0.3, -0.25) is 0 Å². The fourth-order valence-electron chi connectivity index (χ4n) is 7.47. The van der Waals surface area contributed by atoms with Gasteiger partial charge in [0.05, 0.1) is 0 Å². The summed E-state index contributed by atoms with van der Waals surface area (Å²) < 4.78 is 6.40. The molecule has 1 aromatic heterocycles. The maximum atomic E-state index is 6.40. The van der Waals surface area contributed by atoms with Gasteiger partial charge in [0.1, 0.15) is 11.2 Å². The second kappa shape index (κ2) is 10.6. The first-order valence-electron chi connectivity index (χ1n) is 16.4. The van der Waals surface area contributed by atoms with Gasteiger partial charge in [-0.15, -0.1) is 0 Å². The summed E-state index contributed by atoms with van der Waals surface area (Å²) in [7, 11) is 0. The third-order valence-electron chi connectivity index (χ3n) is 9.82. The molecule has 0 aliphatic heterocycles. The Morgan fingerprint density at radius 1 is 0.333 bits per heavy atom. The predicted molar refractivity (Wildman–Crippen MR) is 204 cm³/mol. The van der Waals surface area contributed by atoms with Crippen LogP contribution in [0.3, 0.4) is 0 Å². The van der Waals surface area contributed by atoms with Crippen molar-refractivity contribution in [3.8, 4) is 11.1 Å². The lowest BCUT2D eigenvalue weighted by Gasteiger charge is -2.27. The van der Waals surface area contributed by atoms with Crippen molar-refractivity contribution in [1.82, 2.24) is 0 Å². The summed E-state index contributed by atoms with van der Waals surface area (Å²) in [5, 5.41) is 12.2. The Balaban J connectivity index is 1.17. The number of benzene rings is 9. The van der Waals surface area contributed by atoms with E-state index in [1.807, 2.05) is 12.1 Å². The van der Waals surface area contributed by atoms with Crippen molar-refractivity contribution in [1.29, 1.82) is 0 Å². The Morgan fingerprint density at radius 2 is 0.812 bits per heavy atom. The number of fused-ring (bicyclic) bond motifs is 9. The van der Waals surface area contributed by atoms with Gasteiger partial charge in [0.2, 0.25) is 0 Å². The van der Waals surface area contributed by atoms with Gasteiger partial charge >= 0.3 is 0 Å². The molecule has 10 rings (SSSR count). The monoisotopic (exact) mass is 611 g/mol. The largest absolute Gasteiger partial charge is 0.455 e. The van der Waals surface area contributed by atoms with Gasteiger partial charge in [-0.05, 0) is 91.1 Å². The van der Waals surface area contributed by atoms with Crippen molar-refractivity contribution >= 4 is 82.1 Å². The van der Waals surface area contributed by atoms with Crippen LogP contribution in [0.15, 0.2) is 180 Å². The van der Waals surface area contributed by atoms with E-state index >= 15 is 0 Å². The summed E-state index contributed by atoms with van der Waals surface area (Å²) in [6.07, 6.45) is 0. The number of anilines is 3. The second-order valence-electron chi connectivity index (χ2n) is 12.5. The number of hydrogen-bond donors (Lipinski definition) is 0. The van der Waals surface area contributed by atoms with Gasteiger partial charge in [0.25, 0.3) is 0 Å². The Morgan fingerprint density at radius 3 is 1.44 bits per heavy atom. The minimum atomic E-state index is 0.912. The van der Waals surface area contributed by atoms with Crippen molar-refractivity contribution in [2.75, 3.05) is 4.90 Å². The highest BCUT2D eigenvalue weighted by atomic mass is 16.3. The molecule has 2 nitrogen and oxygen atoms in total. The molecular weight excluding hydrogens is 583 g/mol. The van der Waals surface area contributed by atoms with E-state index in [4.69, 9.17) is 4.42 Å². The maximum absolute atomic E-state index is 6.40. The molecule has 48 heavy (non-hydrogen) atoms. The van der Waals surface area contributed by atoms with Gasteiger partial charge < -0.3 is 9.32 Å². The topological polar surface area (TPSA) is 16.4 Å². The van der Waals surface area contributed by atoms with Crippen LogP contribution in [0.1, 0.15) is 0 Å². The van der Waals surface area contributed by atoms with Crippen LogP contribution >= 0.6 is 0 Å². The van der Waals surface area contributed by atoms with Gasteiger partial charge in [0.15, 0.2) is 0 Å². The number of nitrogens with zero attached hydrogens (tertiary/aromatic N) is 1. The smallest absolute Gasteiger partial charge is 0.143 e. The van der Waals surface area contributed by atoms with Gasteiger partial charge in [-0.25, -0.2) is 0 Å². The average molecular weight is 612 g/mol. The van der Waals surface area contributed by atoms with Gasteiger partial charge in [0, 0.05) is 33.4 Å². The van der Waals surface area contributed by atoms with Crippen molar-refractivity contribution < 1.29 is 4.42 Å². The summed E-state index contributed by atoms with van der Waals surface area (Å²) in [5.41, 5.74) is 7.38. The summed E-state index contributed by atoms with van der Waals surface area (Å²) in [5.74, 6) is 0. The third-order valence-corrected chi connectivity index (χ3v) is 9.82. The third kappa shape index (κ3) is 4.20. The Bertz CT molecular complexity index is 2720. The molecule has 0 amide bonds. The molecular formula is C46H29NO. The van der Waals surface area contributed by atoms with E-state index in [9.17, 15) is 0 Å². The minimum Gasteiger partial charge on any atom is -0.455 e. The molecule has 0 aliphatic rings. The van der Waals surface area contributed by atoms with Crippen molar-refractivity contribution in [3.05, 3.63) is 176 Å². The first-order chi connectivity index (χ1) is 23.8. The number of para-hydroxylation sites is 2. The number of hydrogen-bond acceptors (Lipinski definition) is 2. The molecule has 0 bridgehead atoms. The Labute approximate surface area is 277 Å². The molecule has 0 spiro atoms. The quantitative estimate of drug-likeness (QED) is 0.184. The molecule has 10 aromatic rings. The molecule has 0 radical (unpaired) electrons. The first kappa shape index (κ1) is 26.8. The van der Waals surface area contributed by atoms with E-state index in [2.05, 4.69) is 169 Å². The van der Waals surface area contributed by atoms with Crippen LogP contribution in [0.25, 0.3) is 76.2 Å². The Hall–Kier alpha value is -6.38. The van der Waals surface area contributed by atoms with E-state index in [-0.39, 0.29) is 0 Å². The van der Waals surface area contributed by atoms with Gasteiger partial charge in [-0.1, -0.05) is 133 Å². The number of furan rings is 1. The summed E-state index contributed by atoms with van der Waals surface area (Å²) in [4.78, 5) is 2.38. The van der Waals surface area contributed by atoms with Crippen LogP contribution in [0, 0.1) is 0 Å². The predicted octanol–water partition coefficient (Wildman–Crippen LogP) is 13.3. The van der Waals surface area contributed by atoms with Gasteiger partial charge in [-0.2, -0.15) is 0 Å². The highest BCUT2D eigenvalue weighted by molar-refractivity contribution is 6.12. The van der Waals surface area contributed by atoms with Crippen LogP contribution in [-0.2, 0) is 0 Å². The highest BCUT2D eigenvalue weighted by Gasteiger charge is 2.17. The normalized spacial score (nSPS) is 11.8. The van der Waals surface area contributed by atoms with Crippen LogP contribution in [0.5, 0.6) is 0 Å². The molecule has 2 heteroatoms. The molecule has 0 saturated carbocycles. The van der Waals surface area contributed by atoms with E-state index in [0.29, 0.717) is 0 Å². The molecule has 0 atom stereocenters. The van der Waals surface area contributed by atoms with Crippen molar-refractivity contribution in [3.63, 3.8) is 0 Å². The lowest BCUT2D eigenvalue weighted by molar-refractivity contribution is 0.670. The zero-order valence-electron chi connectivity index (χ0n) is 26.1. The lowest BCUT2D eigenvalue weighted by atomic mass is 9.99. The molecule has 0 unspecified atom stereocenters. The maximum Gasteiger partial charge on any atom is 0.143 e. The fourth-order valence-corrected chi connectivity index (χ4v) is 7.47.